The lowest BCUT2D eigenvalue weighted by molar-refractivity contribution is 0.0920. The Labute approximate surface area is 106 Å². The van der Waals surface area contributed by atoms with Gasteiger partial charge in [-0.15, -0.1) is 0 Å². The van der Waals surface area contributed by atoms with E-state index < -0.39 is 0 Å². The predicted octanol–water partition coefficient (Wildman–Crippen LogP) is 0.493. The van der Waals surface area contributed by atoms with Gasteiger partial charge in [0.25, 0.3) is 5.91 Å². The van der Waals surface area contributed by atoms with Crippen LogP contribution in [0.4, 0.5) is 0 Å². The number of hydrogen-bond donors (Lipinski definition) is 3. The summed E-state index contributed by atoms with van der Waals surface area (Å²) in [4.78, 5) is 26.3. The Hall–Kier alpha value is -1.62. The quantitative estimate of drug-likeness (QED) is 0.730. The lowest BCUT2D eigenvalue weighted by Gasteiger charge is -2.28. The molecule has 2 atom stereocenters. The van der Waals surface area contributed by atoms with Crippen LogP contribution in [0.3, 0.4) is 0 Å². The Kier molecular flexibility index (Phi) is 4.15. The molecule has 1 aliphatic heterocycles. The summed E-state index contributed by atoms with van der Waals surface area (Å²) in [5, 5.41) is 6.23. The maximum atomic E-state index is 12.0. The largest absolute Gasteiger partial charge is 0.367 e. The summed E-state index contributed by atoms with van der Waals surface area (Å²) in [5.74, 6) is 0.139. The number of hydrogen-bond acceptors (Lipinski definition) is 3. The highest BCUT2D eigenvalue weighted by molar-refractivity contribution is 5.93. The van der Waals surface area contributed by atoms with Crippen molar-refractivity contribution in [2.24, 2.45) is 5.92 Å². The van der Waals surface area contributed by atoms with Crippen molar-refractivity contribution in [3.63, 3.8) is 0 Å². The van der Waals surface area contributed by atoms with Crippen molar-refractivity contribution in [1.29, 1.82) is 0 Å². The Morgan fingerprint density at radius 2 is 2.39 bits per heavy atom. The highest BCUT2D eigenvalue weighted by Gasteiger charge is 2.22. The Bertz CT molecular complexity index is 463. The lowest BCUT2D eigenvalue weighted by atomic mass is 9.92. The maximum Gasteiger partial charge on any atom is 0.256 e. The van der Waals surface area contributed by atoms with E-state index in [9.17, 15) is 9.59 Å². The van der Waals surface area contributed by atoms with Gasteiger partial charge < -0.3 is 15.6 Å². The summed E-state index contributed by atoms with van der Waals surface area (Å²) in [7, 11) is 0. The first-order valence-corrected chi connectivity index (χ1v) is 6.37. The molecule has 0 radical (unpaired) electrons. The first kappa shape index (κ1) is 12.8. The van der Waals surface area contributed by atoms with Gasteiger partial charge in [-0.05, 0) is 38.8 Å². The minimum absolute atomic E-state index is 0.0740. The third-order valence-electron chi connectivity index (χ3n) is 3.47. The number of piperidine rings is 1. The van der Waals surface area contributed by atoms with Crippen LogP contribution < -0.4 is 16.1 Å². The van der Waals surface area contributed by atoms with Crippen molar-refractivity contribution in [2.45, 2.75) is 25.8 Å². The molecule has 5 heteroatoms. The van der Waals surface area contributed by atoms with Gasteiger partial charge in [0, 0.05) is 24.5 Å². The molecular formula is C13H19N3O2. The molecule has 2 rings (SSSR count). The van der Waals surface area contributed by atoms with E-state index in [2.05, 4.69) is 15.6 Å². The second-order valence-corrected chi connectivity index (χ2v) is 4.79. The number of carbonyl (C=O) groups excluding carboxylic acids is 1. The van der Waals surface area contributed by atoms with Crippen molar-refractivity contribution < 1.29 is 4.79 Å². The molecule has 2 unspecified atom stereocenters. The van der Waals surface area contributed by atoms with Crippen molar-refractivity contribution >= 4 is 5.91 Å². The van der Waals surface area contributed by atoms with Crippen LogP contribution in [0.25, 0.3) is 0 Å². The van der Waals surface area contributed by atoms with Crippen LogP contribution in [-0.4, -0.2) is 30.0 Å². The molecule has 0 saturated carbocycles. The number of amides is 1. The SMILES string of the molecule is CC(NC(=O)c1c[nH]ccc1=O)C1CCCNC1. The monoisotopic (exact) mass is 249 g/mol. The average Bonchev–Trinajstić information content (AvgIpc) is 2.40. The fourth-order valence-corrected chi connectivity index (χ4v) is 2.30. The van der Waals surface area contributed by atoms with Crippen molar-refractivity contribution in [3.8, 4) is 0 Å². The standard InChI is InChI=1S/C13H19N3O2/c1-9(10-3-2-5-14-7-10)16-13(18)11-8-15-6-4-12(11)17/h4,6,8-10,14H,2-3,5,7H2,1H3,(H,15,17)(H,16,18). The molecular weight excluding hydrogens is 230 g/mol. The second kappa shape index (κ2) is 5.82. The van der Waals surface area contributed by atoms with Crippen LogP contribution in [0, 0.1) is 5.92 Å². The van der Waals surface area contributed by atoms with Gasteiger partial charge in [-0.2, -0.15) is 0 Å². The van der Waals surface area contributed by atoms with E-state index in [1.54, 1.807) is 0 Å². The van der Waals surface area contributed by atoms with Gasteiger partial charge in [0.05, 0.1) is 0 Å². The number of H-pyrrole nitrogens is 1. The summed E-state index contributed by atoms with van der Waals surface area (Å²) in [6.45, 7) is 3.97. The van der Waals surface area contributed by atoms with Gasteiger partial charge in [-0.3, -0.25) is 9.59 Å². The number of rotatable bonds is 3. The summed E-state index contributed by atoms with van der Waals surface area (Å²) < 4.78 is 0. The van der Waals surface area contributed by atoms with Gasteiger partial charge >= 0.3 is 0 Å². The average molecular weight is 249 g/mol. The molecule has 18 heavy (non-hydrogen) atoms. The maximum absolute atomic E-state index is 12.0. The van der Waals surface area contributed by atoms with E-state index in [1.807, 2.05) is 6.92 Å². The first-order valence-electron chi connectivity index (χ1n) is 6.37. The lowest BCUT2D eigenvalue weighted by Crippen LogP contribution is -2.45. The Morgan fingerprint density at radius 1 is 1.56 bits per heavy atom. The summed E-state index contributed by atoms with van der Waals surface area (Å²) in [6, 6.07) is 1.44. The molecule has 0 bridgehead atoms. The zero-order chi connectivity index (χ0) is 13.0. The summed E-state index contributed by atoms with van der Waals surface area (Å²) >= 11 is 0. The summed E-state index contributed by atoms with van der Waals surface area (Å²) in [5.41, 5.74) is -0.0756. The van der Waals surface area contributed by atoms with E-state index in [0.29, 0.717) is 5.92 Å². The summed E-state index contributed by atoms with van der Waals surface area (Å²) in [6.07, 6.45) is 5.22. The van der Waals surface area contributed by atoms with Gasteiger partial charge in [0.1, 0.15) is 5.56 Å². The molecule has 5 nitrogen and oxygen atoms in total. The molecule has 0 spiro atoms. The number of aromatic nitrogens is 1. The third-order valence-corrected chi connectivity index (χ3v) is 3.47. The fraction of sp³-hybridized carbons (Fsp3) is 0.538. The van der Waals surface area contributed by atoms with E-state index in [1.165, 1.54) is 18.5 Å². The van der Waals surface area contributed by atoms with Gasteiger partial charge in [0.2, 0.25) is 0 Å². The molecule has 0 aromatic carbocycles. The van der Waals surface area contributed by atoms with E-state index in [4.69, 9.17) is 0 Å². The van der Waals surface area contributed by atoms with Crippen molar-refractivity contribution in [1.82, 2.24) is 15.6 Å². The molecule has 1 aliphatic rings. The predicted molar refractivity (Wildman–Crippen MR) is 69.6 cm³/mol. The number of carbonyl (C=O) groups is 1. The number of nitrogens with one attached hydrogen (secondary N) is 3. The van der Waals surface area contributed by atoms with E-state index >= 15 is 0 Å². The zero-order valence-corrected chi connectivity index (χ0v) is 10.5. The normalized spacial score (nSPS) is 21.3. The highest BCUT2D eigenvalue weighted by Crippen LogP contribution is 2.14. The smallest absolute Gasteiger partial charge is 0.256 e. The van der Waals surface area contributed by atoms with Crippen LogP contribution in [0.2, 0.25) is 0 Å². The van der Waals surface area contributed by atoms with Crippen LogP contribution >= 0.6 is 0 Å². The molecule has 2 heterocycles. The Balaban J connectivity index is 1.98. The molecule has 3 N–H and O–H groups in total. The third kappa shape index (κ3) is 2.98. The van der Waals surface area contributed by atoms with Gasteiger partial charge in [0.15, 0.2) is 5.43 Å². The molecule has 1 saturated heterocycles. The minimum Gasteiger partial charge on any atom is -0.367 e. The molecule has 98 valence electrons. The topological polar surface area (TPSA) is 74.0 Å². The molecule has 0 aliphatic carbocycles. The van der Waals surface area contributed by atoms with Gasteiger partial charge in [-0.1, -0.05) is 0 Å². The van der Waals surface area contributed by atoms with Crippen molar-refractivity contribution in [3.05, 3.63) is 34.2 Å². The Morgan fingerprint density at radius 3 is 3.06 bits per heavy atom. The van der Waals surface area contributed by atoms with Crippen LogP contribution in [0.5, 0.6) is 0 Å². The molecule has 1 amide bonds. The molecule has 1 aromatic heterocycles. The van der Waals surface area contributed by atoms with E-state index in [-0.39, 0.29) is 22.9 Å². The van der Waals surface area contributed by atoms with Crippen LogP contribution in [-0.2, 0) is 0 Å². The van der Waals surface area contributed by atoms with Crippen LogP contribution in [0.1, 0.15) is 30.1 Å². The number of pyridine rings is 1. The first-order chi connectivity index (χ1) is 8.68. The van der Waals surface area contributed by atoms with Gasteiger partial charge in [-0.25, -0.2) is 0 Å². The minimum atomic E-state index is -0.296. The number of aromatic amines is 1. The molecule has 1 fully saturated rings. The van der Waals surface area contributed by atoms with Crippen LogP contribution in [0.15, 0.2) is 23.3 Å². The van der Waals surface area contributed by atoms with Crippen molar-refractivity contribution in [2.75, 3.05) is 13.1 Å². The second-order valence-electron chi connectivity index (χ2n) is 4.79. The molecule has 1 aromatic rings. The fourth-order valence-electron chi connectivity index (χ4n) is 2.30. The highest BCUT2D eigenvalue weighted by atomic mass is 16.2. The zero-order valence-electron chi connectivity index (χ0n) is 10.5. The van der Waals surface area contributed by atoms with E-state index in [0.717, 1.165) is 25.9 Å².